The summed E-state index contributed by atoms with van der Waals surface area (Å²) in [7, 11) is 0. The molecule has 2 N–H and O–H groups in total. The molecule has 3 nitrogen and oxygen atoms in total. The van der Waals surface area contributed by atoms with Crippen LogP contribution in [0.1, 0.15) is 10.4 Å². The summed E-state index contributed by atoms with van der Waals surface area (Å²) in [6, 6.07) is 5.80. The van der Waals surface area contributed by atoms with E-state index in [1.807, 2.05) is 0 Å². The van der Waals surface area contributed by atoms with Crippen molar-refractivity contribution in [2.75, 3.05) is 5.32 Å². The Hall–Kier alpha value is -1.85. The lowest BCUT2D eigenvalue weighted by Gasteiger charge is -2.11. The molecule has 0 amide bonds. The average molecular weight is 318 g/mol. The first-order valence-corrected chi connectivity index (χ1v) is 6.08. The smallest absolute Gasteiger partial charge is 0.335 e. The molecule has 104 valence electrons. The number of rotatable bonds is 3. The molecule has 0 atom stereocenters. The second-order valence-corrected chi connectivity index (χ2v) is 4.71. The van der Waals surface area contributed by atoms with Crippen LogP contribution < -0.4 is 5.32 Å². The molecule has 0 aliphatic heterocycles. The van der Waals surface area contributed by atoms with Gasteiger partial charge in [-0.25, -0.2) is 13.6 Å². The van der Waals surface area contributed by atoms with Crippen LogP contribution in [-0.2, 0) is 0 Å². The molecule has 0 radical (unpaired) electrons. The number of nitrogens with one attached hydrogen (secondary N) is 1. The average Bonchev–Trinajstić information content (AvgIpc) is 2.35. The van der Waals surface area contributed by atoms with Crippen LogP contribution >= 0.6 is 23.2 Å². The quantitative estimate of drug-likeness (QED) is 0.861. The van der Waals surface area contributed by atoms with Gasteiger partial charge in [-0.15, -0.1) is 0 Å². The van der Waals surface area contributed by atoms with E-state index in [0.29, 0.717) is 5.02 Å². The Bertz CT molecular complexity index is 669. The van der Waals surface area contributed by atoms with E-state index in [1.165, 1.54) is 18.2 Å². The molecule has 20 heavy (non-hydrogen) atoms. The van der Waals surface area contributed by atoms with Gasteiger partial charge in [0, 0.05) is 5.02 Å². The Morgan fingerprint density at radius 3 is 2.20 bits per heavy atom. The molecule has 0 aliphatic rings. The number of carboxylic acid groups (broad SMARTS) is 1. The lowest BCUT2D eigenvalue weighted by Crippen LogP contribution is -2.03. The molecule has 2 aromatic rings. The van der Waals surface area contributed by atoms with Gasteiger partial charge in [-0.1, -0.05) is 23.2 Å². The molecule has 0 fully saturated rings. The van der Waals surface area contributed by atoms with Crippen LogP contribution in [-0.4, -0.2) is 11.1 Å². The number of carbonyl (C=O) groups is 1. The third-order valence-corrected chi connectivity index (χ3v) is 3.03. The van der Waals surface area contributed by atoms with E-state index >= 15 is 0 Å². The van der Waals surface area contributed by atoms with E-state index in [-0.39, 0.29) is 10.7 Å². The molecular formula is C13H7Cl2F2NO2. The van der Waals surface area contributed by atoms with Gasteiger partial charge in [0.15, 0.2) is 11.6 Å². The summed E-state index contributed by atoms with van der Waals surface area (Å²) < 4.78 is 27.5. The highest BCUT2D eigenvalue weighted by molar-refractivity contribution is 6.36. The summed E-state index contributed by atoms with van der Waals surface area (Å²) >= 11 is 11.6. The normalized spacial score (nSPS) is 10.4. The van der Waals surface area contributed by atoms with E-state index in [0.717, 1.165) is 12.1 Å². The first-order valence-electron chi connectivity index (χ1n) is 5.33. The van der Waals surface area contributed by atoms with Gasteiger partial charge in [-0.2, -0.15) is 0 Å². The van der Waals surface area contributed by atoms with Gasteiger partial charge in [0.25, 0.3) is 0 Å². The van der Waals surface area contributed by atoms with Gasteiger partial charge in [0.05, 0.1) is 16.3 Å². The second-order valence-electron chi connectivity index (χ2n) is 3.87. The van der Waals surface area contributed by atoms with E-state index in [1.54, 1.807) is 0 Å². The summed E-state index contributed by atoms with van der Waals surface area (Å²) in [5.74, 6) is -3.49. The van der Waals surface area contributed by atoms with E-state index in [2.05, 4.69) is 5.32 Å². The summed E-state index contributed by atoms with van der Waals surface area (Å²) in [5, 5.41) is 11.7. The molecule has 0 aromatic heterocycles. The van der Waals surface area contributed by atoms with Crippen molar-refractivity contribution >= 4 is 40.5 Å². The fraction of sp³-hybridized carbons (Fsp3) is 0. The van der Waals surface area contributed by atoms with Gasteiger partial charge in [-0.05, 0) is 30.3 Å². The van der Waals surface area contributed by atoms with E-state index < -0.39 is 28.9 Å². The largest absolute Gasteiger partial charge is 0.478 e. The SMILES string of the molecule is O=C(O)c1cc(F)c(Nc2ccc(Cl)cc2Cl)c(F)c1. The molecule has 2 rings (SSSR count). The van der Waals surface area contributed by atoms with E-state index in [4.69, 9.17) is 28.3 Å². The zero-order chi connectivity index (χ0) is 14.9. The van der Waals surface area contributed by atoms with Crippen molar-refractivity contribution in [3.63, 3.8) is 0 Å². The van der Waals surface area contributed by atoms with Crippen LogP contribution in [0.2, 0.25) is 10.0 Å². The summed E-state index contributed by atoms with van der Waals surface area (Å²) in [6.07, 6.45) is 0. The van der Waals surface area contributed by atoms with Gasteiger partial charge in [0.2, 0.25) is 0 Å². The summed E-state index contributed by atoms with van der Waals surface area (Å²) in [6.45, 7) is 0. The molecule has 2 aromatic carbocycles. The Morgan fingerprint density at radius 1 is 1.10 bits per heavy atom. The van der Waals surface area contributed by atoms with Crippen molar-refractivity contribution < 1.29 is 18.7 Å². The maximum absolute atomic E-state index is 13.7. The minimum absolute atomic E-state index is 0.179. The van der Waals surface area contributed by atoms with Crippen molar-refractivity contribution in [3.8, 4) is 0 Å². The van der Waals surface area contributed by atoms with Gasteiger partial charge in [0.1, 0.15) is 5.69 Å². The van der Waals surface area contributed by atoms with Crippen LogP contribution in [0.25, 0.3) is 0 Å². The molecule has 0 aliphatic carbocycles. The predicted octanol–water partition coefficient (Wildman–Crippen LogP) is 4.71. The maximum Gasteiger partial charge on any atom is 0.335 e. The zero-order valence-corrected chi connectivity index (χ0v) is 11.3. The predicted molar refractivity (Wildman–Crippen MR) is 73.1 cm³/mol. The number of benzene rings is 2. The van der Waals surface area contributed by atoms with Crippen molar-refractivity contribution in [1.29, 1.82) is 0 Å². The zero-order valence-electron chi connectivity index (χ0n) is 9.75. The van der Waals surface area contributed by atoms with Crippen LogP contribution in [0.15, 0.2) is 30.3 Å². The topological polar surface area (TPSA) is 49.3 Å². The lowest BCUT2D eigenvalue weighted by atomic mass is 10.1. The first-order chi connectivity index (χ1) is 9.38. The van der Waals surface area contributed by atoms with Gasteiger partial charge in [-0.3, -0.25) is 0 Å². The monoisotopic (exact) mass is 317 g/mol. The van der Waals surface area contributed by atoms with Crippen molar-refractivity contribution in [2.45, 2.75) is 0 Å². The number of carboxylic acids is 1. The highest BCUT2D eigenvalue weighted by atomic mass is 35.5. The van der Waals surface area contributed by atoms with Gasteiger partial charge >= 0.3 is 5.97 Å². The summed E-state index contributed by atoms with van der Waals surface area (Å²) in [5.41, 5.74) is -0.719. The van der Waals surface area contributed by atoms with Gasteiger partial charge < -0.3 is 10.4 Å². The van der Waals surface area contributed by atoms with Crippen molar-refractivity contribution in [2.24, 2.45) is 0 Å². The Morgan fingerprint density at radius 2 is 1.70 bits per heavy atom. The van der Waals surface area contributed by atoms with Crippen molar-refractivity contribution in [3.05, 3.63) is 57.6 Å². The minimum atomic E-state index is -1.42. The fourth-order valence-corrected chi connectivity index (χ4v) is 2.00. The van der Waals surface area contributed by atoms with Crippen LogP contribution in [0.5, 0.6) is 0 Å². The first kappa shape index (κ1) is 14.6. The Kier molecular flexibility index (Phi) is 4.11. The Balaban J connectivity index is 2.41. The van der Waals surface area contributed by atoms with Crippen molar-refractivity contribution in [1.82, 2.24) is 0 Å². The molecule has 0 saturated carbocycles. The highest BCUT2D eigenvalue weighted by Crippen LogP contribution is 2.31. The fourth-order valence-electron chi connectivity index (χ4n) is 1.54. The summed E-state index contributed by atoms with van der Waals surface area (Å²) in [4.78, 5) is 10.7. The number of anilines is 2. The molecule has 0 saturated heterocycles. The lowest BCUT2D eigenvalue weighted by molar-refractivity contribution is 0.0696. The number of hydrogen-bond acceptors (Lipinski definition) is 2. The molecule has 0 bridgehead atoms. The maximum atomic E-state index is 13.7. The van der Waals surface area contributed by atoms with Crippen LogP contribution in [0, 0.1) is 11.6 Å². The number of aromatic carboxylic acids is 1. The molecule has 7 heteroatoms. The highest BCUT2D eigenvalue weighted by Gasteiger charge is 2.15. The molecular weight excluding hydrogens is 311 g/mol. The third kappa shape index (κ3) is 3.00. The standard InChI is InChI=1S/C13H7Cl2F2NO2/c14-7-1-2-11(8(15)5-7)18-12-9(16)3-6(13(19)20)4-10(12)17/h1-5,18H,(H,19,20). The Labute approximate surface area is 122 Å². The number of hydrogen-bond donors (Lipinski definition) is 2. The van der Waals surface area contributed by atoms with Crippen LogP contribution in [0.3, 0.4) is 0 Å². The molecule has 0 spiro atoms. The molecule has 0 unspecified atom stereocenters. The van der Waals surface area contributed by atoms with E-state index in [9.17, 15) is 13.6 Å². The molecule has 0 heterocycles. The minimum Gasteiger partial charge on any atom is -0.478 e. The third-order valence-electron chi connectivity index (χ3n) is 2.48. The second kappa shape index (κ2) is 5.64. The van der Waals surface area contributed by atoms with Crippen LogP contribution in [0.4, 0.5) is 20.2 Å². The number of halogens is 4.